The van der Waals surface area contributed by atoms with Gasteiger partial charge in [0.1, 0.15) is 17.3 Å². The Morgan fingerprint density at radius 3 is 1.52 bits per heavy atom. The van der Waals surface area contributed by atoms with Crippen LogP contribution in [0.25, 0.3) is 17.2 Å². The minimum atomic E-state index is -0.141. The summed E-state index contributed by atoms with van der Waals surface area (Å²) in [5.41, 5.74) is 22.2. The number of nitrogens with zero attached hydrogens (tertiary/aromatic N) is 4. The molecule has 5 N–H and O–H groups in total. The van der Waals surface area contributed by atoms with E-state index < -0.39 is 0 Å². The van der Waals surface area contributed by atoms with Crippen molar-refractivity contribution in [3.05, 3.63) is 377 Å². The minimum Gasteiger partial charge on any atom is -0.506 e. The van der Waals surface area contributed by atoms with E-state index in [4.69, 9.17) is 75.2 Å². The fourth-order valence-corrected chi connectivity index (χ4v) is 17.7. The number of aliphatic hydroxyl groups is 1. The largest absolute Gasteiger partial charge is 0.506 e. The number of para-hydroxylation sites is 2. The number of halogens is 6. The predicted molar refractivity (Wildman–Crippen MR) is 630 cm³/mol. The quantitative estimate of drug-likeness (QED) is 0.0343. The fraction of sp³-hybridized carbons (Fsp3) is 0.349. The van der Waals surface area contributed by atoms with Crippen molar-refractivity contribution in [3.8, 4) is 45.6 Å². The zero-order valence-electron chi connectivity index (χ0n) is 91.5. The van der Waals surface area contributed by atoms with Crippen molar-refractivity contribution < 1.29 is 47.9 Å². The minimum absolute atomic E-state index is 0.0230. The number of carbonyl (C=O) groups excluding carboxylic acids is 2. The molecule has 3 aliphatic heterocycles. The number of likely N-dealkylation sites (N-methyl/N-ethyl adjacent to an activating group) is 1. The van der Waals surface area contributed by atoms with E-state index in [2.05, 4.69) is 361 Å². The molecular weight excluding hydrogens is 2000 g/mol. The highest BCUT2D eigenvalue weighted by molar-refractivity contribution is 9.10. The zero-order valence-corrected chi connectivity index (χ0v) is 96.1. The van der Waals surface area contributed by atoms with Gasteiger partial charge in [0, 0.05) is 93.9 Å². The first-order valence-electron chi connectivity index (χ1n) is 51.0. The Hall–Kier alpha value is -12.0. The summed E-state index contributed by atoms with van der Waals surface area (Å²) in [5, 5.41) is 29.1. The number of rotatable bonds is 25. The van der Waals surface area contributed by atoms with E-state index in [9.17, 15) is 19.1 Å². The maximum absolute atomic E-state index is 13.9. The Balaban J connectivity index is 0.000000224. The second kappa shape index (κ2) is 63.1. The molecule has 13 aromatic rings. The number of aliphatic hydroxyl groups excluding tert-OH is 1. The number of aromatic hydroxyl groups is 1. The van der Waals surface area contributed by atoms with E-state index in [1.165, 1.54) is 67.6 Å². The highest BCUT2D eigenvalue weighted by atomic mass is 79.9. The molecule has 3 heterocycles. The van der Waals surface area contributed by atoms with Gasteiger partial charge in [-0.1, -0.05) is 377 Å². The summed E-state index contributed by atoms with van der Waals surface area (Å²) in [6, 6.07) is 93.4. The third-order valence-corrected chi connectivity index (χ3v) is 26.1. The van der Waals surface area contributed by atoms with Gasteiger partial charge in [0.05, 0.1) is 55.4 Å². The molecule has 0 aliphatic carbocycles. The number of anilines is 7. The van der Waals surface area contributed by atoms with Crippen molar-refractivity contribution in [3.63, 3.8) is 0 Å². The lowest BCUT2D eigenvalue weighted by Gasteiger charge is -2.26. The molecule has 0 fully saturated rings. The molecule has 3 aliphatic rings. The lowest BCUT2D eigenvalue weighted by Crippen LogP contribution is -2.35. The van der Waals surface area contributed by atoms with Crippen molar-refractivity contribution in [1.82, 2.24) is 9.80 Å². The van der Waals surface area contributed by atoms with Crippen molar-refractivity contribution in [2.24, 2.45) is 5.92 Å². The lowest BCUT2D eigenvalue weighted by atomic mass is 9.98. The summed E-state index contributed by atoms with van der Waals surface area (Å²) < 4.78 is 41.7. The Kier molecular flexibility index (Phi) is 52.4. The van der Waals surface area contributed by atoms with Crippen LogP contribution in [0.1, 0.15) is 259 Å². The molecule has 16 rings (SSSR count). The van der Waals surface area contributed by atoms with Crippen LogP contribution in [0.4, 0.5) is 49.0 Å². The molecule has 0 saturated carbocycles. The topological polar surface area (TPSA) is 170 Å². The molecule has 0 atom stereocenters. The SMILES string of the molecule is CC(C)/C=C\c1ccccc1.CC(C)c1c(Br)ccc2c1OCO2.CC(C)c1cc(Cl)cc(Cl)c1O.CC(C)c1ccc(-c2ccccc2)c(F)c1.CC(C)c1ccc(N(C)CCO)cc1.CC(C)c1ccc(OCCCN(C)C)cc1.CC(C)c1ccc2c(c1)CN(C)C(=O)N2.CC(C)c1ccc2c(c1)NCC(=O)N2.CC(C)c1cccc(N(c2ccccc2)c2ccccc2)c1.COc1cc(Cl)c(C(C)C)c(Cl)c1OC. The number of nitrogens with one attached hydrogen (secondary N) is 3. The standard InChI is InChI=1S/C21H21N.C15H15F.C14H23NO.C12H16N2O.C12H19NO.C11H14Cl2O2.C11H14N2O.C11H14.C10H11BrO2.C9H10Cl2O/c1-17(2)18-10-9-15-21(16-18)22(19-11-5-3-6-12-19)20-13-7-4-8-14-20;1-11(2)13-8-9-14(15(16)10-13)12-6-4-3-5-7-12;1-12(2)13-6-8-14(9-7-13)16-11-5-10-15(3)4;1-8(2)9-4-5-11-10(6-9)7-14(3)12(15)13-11;1-10(2)11-4-6-12(7-5-11)13(3)8-9-14;1-6(2)9-7(12)5-8(14-3)11(15-4)10(9)13;1-7(2)8-3-4-9-10(5-8)12-6-11(14)13-9;1-10(2)8-9-11-6-4-3-5-7-11;1-6(2)9-7(11)3-4-8-10(9)13-5-12-8;1-5(2)7-3-6(10)4-8(11)9(7)12/h3-17H,1-2H3;3-11H,1-2H3;6-9,12H,5,10-11H2,1-4H3;4-6,8H,7H2,1-3H3,(H,13,15);4-7,10,14H,8-9H2,1-3H3;5-6H,1-4H3;3-5,7,12H,6H2,1-2H3,(H,13,14);3-10H,1-2H3;3-4,6H,5H2,1-2H3;3-5,12H,1-2H3/b;;;;;;;9-8-;;. The monoisotopic (exact) mass is 2150 g/mol. The van der Waals surface area contributed by atoms with E-state index in [0.29, 0.717) is 111 Å². The number of amides is 3. The average molecular weight is 2150 g/mol. The number of ether oxygens (including phenoxy) is 5. The van der Waals surface area contributed by atoms with Gasteiger partial charge in [0.2, 0.25) is 12.7 Å². The molecule has 0 bridgehead atoms. The molecule has 13 aromatic carbocycles. The van der Waals surface area contributed by atoms with Crippen LogP contribution >= 0.6 is 62.3 Å². The van der Waals surface area contributed by atoms with E-state index >= 15 is 0 Å². The Labute approximate surface area is 911 Å². The summed E-state index contributed by atoms with van der Waals surface area (Å²) in [6.45, 7) is 46.8. The molecule has 0 spiro atoms. The molecule has 0 aromatic heterocycles. The first-order valence-corrected chi connectivity index (χ1v) is 53.3. The summed E-state index contributed by atoms with van der Waals surface area (Å²) in [4.78, 5) is 30.7. The van der Waals surface area contributed by atoms with Crippen molar-refractivity contribution in [2.45, 2.75) is 205 Å². The maximum Gasteiger partial charge on any atom is 0.321 e. The summed E-state index contributed by atoms with van der Waals surface area (Å²) in [7, 11) is 11.1. The Morgan fingerprint density at radius 2 is 1.00 bits per heavy atom. The molecule has 3 amide bonds. The number of urea groups is 1. The van der Waals surface area contributed by atoms with Gasteiger partial charge >= 0.3 is 6.03 Å². The van der Waals surface area contributed by atoms with Crippen molar-refractivity contribution >= 4 is 120 Å². The van der Waals surface area contributed by atoms with Crippen LogP contribution in [0.5, 0.6) is 34.5 Å². The molecule has 22 heteroatoms. The van der Waals surface area contributed by atoms with E-state index in [-0.39, 0.29) is 41.9 Å². The summed E-state index contributed by atoms with van der Waals surface area (Å²) >= 11 is 27.3. The van der Waals surface area contributed by atoms with Crippen LogP contribution < -0.4 is 49.4 Å². The zero-order chi connectivity index (χ0) is 109. The molecule has 16 nitrogen and oxygen atoms in total. The lowest BCUT2D eigenvalue weighted by molar-refractivity contribution is -0.114. The highest BCUT2D eigenvalue weighted by Crippen LogP contribution is 2.47. The number of hydrogen-bond donors (Lipinski definition) is 5. The van der Waals surface area contributed by atoms with Gasteiger partial charge in [0.15, 0.2) is 23.0 Å². The van der Waals surface area contributed by atoms with Gasteiger partial charge in [-0.05, 0) is 250 Å². The average Bonchev–Trinajstić information content (AvgIpc) is 1.71. The van der Waals surface area contributed by atoms with Gasteiger partial charge in [0.25, 0.3) is 0 Å². The second-order valence-electron chi connectivity index (χ2n) is 39.7. The van der Waals surface area contributed by atoms with Gasteiger partial charge < -0.3 is 69.4 Å². The second-order valence-corrected chi connectivity index (χ2v) is 42.2. The van der Waals surface area contributed by atoms with Crippen molar-refractivity contribution in [2.75, 3.05) is 108 Å². The number of hydrogen-bond acceptors (Lipinski definition) is 13. The molecular formula is C126H157BrCl4FN7O9. The number of phenolic OH excluding ortho intramolecular Hbond substituents is 1. The predicted octanol–water partition coefficient (Wildman–Crippen LogP) is 35.8. The van der Waals surface area contributed by atoms with Crippen molar-refractivity contribution in [1.29, 1.82) is 0 Å². The van der Waals surface area contributed by atoms with E-state index in [1.54, 1.807) is 44.4 Å². The number of phenols is 1. The maximum atomic E-state index is 13.9. The number of allylic oxidation sites excluding steroid dienone is 1. The van der Waals surface area contributed by atoms with Crippen LogP contribution in [0.2, 0.25) is 20.1 Å². The Bertz CT molecular complexity index is 6170. The number of carbonyl (C=O) groups is 2. The van der Waals surface area contributed by atoms with Gasteiger partial charge in [-0.2, -0.15) is 0 Å². The van der Waals surface area contributed by atoms with E-state index in [0.717, 1.165) is 86.3 Å². The van der Waals surface area contributed by atoms with Crippen LogP contribution in [-0.2, 0) is 11.3 Å². The molecule has 0 unspecified atom stereocenters. The smallest absolute Gasteiger partial charge is 0.321 e. The third kappa shape index (κ3) is 39.8. The van der Waals surface area contributed by atoms with E-state index in [1.807, 2.05) is 112 Å². The van der Waals surface area contributed by atoms with Gasteiger partial charge in [-0.3, -0.25) is 4.79 Å². The number of benzene rings is 13. The van der Waals surface area contributed by atoms with Crippen LogP contribution in [0, 0.1) is 11.7 Å². The van der Waals surface area contributed by atoms with Crippen LogP contribution in [-0.4, -0.2) is 114 Å². The molecule has 0 radical (unpaired) electrons. The van der Waals surface area contributed by atoms with Gasteiger partial charge in [-0.25, -0.2) is 9.18 Å². The molecule has 0 saturated heterocycles. The first kappa shape index (κ1) is 123. The number of fused-ring (bicyclic) bond motifs is 3. The Morgan fingerprint density at radius 1 is 0.486 bits per heavy atom. The first-order chi connectivity index (χ1) is 70.4. The highest BCUT2D eigenvalue weighted by Gasteiger charge is 2.25. The van der Waals surface area contributed by atoms with Crippen LogP contribution in [0.3, 0.4) is 0 Å². The normalized spacial score (nSPS) is 11.9. The summed E-state index contributed by atoms with van der Waals surface area (Å²) in [5.74, 6) is 8.44. The van der Waals surface area contributed by atoms with Gasteiger partial charge in [-0.15, -0.1) is 0 Å². The molecule has 148 heavy (non-hydrogen) atoms. The third-order valence-electron chi connectivity index (χ3n) is 24.2. The number of methoxy groups -OCH3 is 2. The van der Waals surface area contributed by atoms with Crippen LogP contribution in [0.15, 0.2) is 290 Å². The molecule has 792 valence electrons. The summed E-state index contributed by atoms with van der Waals surface area (Å²) in [6.07, 6.45) is 5.43. The fourth-order valence-electron chi connectivity index (χ4n) is 15.5.